The van der Waals surface area contributed by atoms with Crippen molar-refractivity contribution in [2.24, 2.45) is 7.05 Å². The van der Waals surface area contributed by atoms with Crippen LogP contribution in [0.5, 0.6) is 0 Å². The van der Waals surface area contributed by atoms with E-state index in [1.807, 2.05) is 19.9 Å². The van der Waals surface area contributed by atoms with E-state index >= 15 is 0 Å². The Morgan fingerprint density at radius 3 is 2.68 bits per heavy atom. The van der Waals surface area contributed by atoms with Gasteiger partial charge in [-0.25, -0.2) is 14.5 Å². The molecule has 0 spiro atoms. The molecule has 3 amide bonds. The highest BCUT2D eigenvalue weighted by atomic mass is 32.1. The quantitative estimate of drug-likeness (QED) is 0.651. The average molecular weight is 439 g/mol. The normalized spacial score (nSPS) is 13.4. The molecule has 0 bridgehead atoms. The van der Waals surface area contributed by atoms with E-state index in [1.54, 1.807) is 37.1 Å². The van der Waals surface area contributed by atoms with Crippen molar-refractivity contribution in [2.45, 2.75) is 20.8 Å². The third-order valence-electron chi connectivity index (χ3n) is 5.21. The number of thiazole rings is 1. The fourth-order valence-electron chi connectivity index (χ4n) is 3.47. The molecule has 0 saturated carbocycles. The summed E-state index contributed by atoms with van der Waals surface area (Å²) in [6, 6.07) is 6.97. The Hall–Kier alpha value is -3.53. The number of rotatable bonds is 4. The molecule has 0 radical (unpaired) electrons. The predicted octanol–water partition coefficient (Wildman–Crippen LogP) is 2.61. The van der Waals surface area contributed by atoms with E-state index in [-0.39, 0.29) is 17.5 Å². The van der Waals surface area contributed by atoms with Crippen molar-refractivity contribution in [3.63, 3.8) is 0 Å². The number of carbonyl (C=O) groups is 2. The molecule has 3 aromatic rings. The van der Waals surface area contributed by atoms with Crippen molar-refractivity contribution in [1.29, 1.82) is 0 Å². The van der Waals surface area contributed by atoms with Gasteiger partial charge in [0.05, 0.1) is 17.0 Å². The van der Waals surface area contributed by atoms with Gasteiger partial charge < -0.3 is 10.6 Å². The van der Waals surface area contributed by atoms with Crippen molar-refractivity contribution in [2.75, 3.05) is 23.3 Å². The van der Waals surface area contributed by atoms with Crippen LogP contribution in [0.25, 0.3) is 10.6 Å². The van der Waals surface area contributed by atoms with Gasteiger partial charge in [-0.2, -0.15) is 5.10 Å². The van der Waals surface area contributed by atoms with Crippen LogP contribution in [0.3, 0.4) is 0 Å². The topological polar surface area (TPSA) is 109 Å². The van der Waals surface area contributed by atoms with Gasteiger partial charge in [-0.15, -0.1) is 11.3 Å². The van der Waals surface area contributed by atoms with Crippen LogP contribution in [0.4, 0.5) is 16.2 Å². The second-order valence-electron chi connectivity index (χ2n) is 7.34. The fourth-order valence-corrected chi connectivity index (χ4v) is 4.53. The maximum atomic E-state index is 13.0. The molecular formula is C21H22N6O3S. The lowest BCUT2D eigenvalue weighted by atomic mass is 10.1. The largest absolute Gasteiger partial charge is 0.336 e. The Bertz CT molecular complexity index is 1260. The molecule has 0 atom stereocenters. The molecule has 1 fully saturated rings. The highest BCUT2D eigenvalue weighted by Crippen LogP contribution is 2.29. The average Bonchev–Trinajstić information content (AvgIpc) is 3.32. The molecule has 2 N–H and O–H groups in total. The van der Waals surface area contributed by atoms with Gasteiger partial charge in [0.25, 0.3) is 11.5 Å². The SMILES string of the molecule is Cc1nc(-c2c(C)c(C)nn(C)c2=O)sc1C(=O)Nc1cccc(N2CCNC2=O)c1. The summed E-state index contributed by atoms with van der Waals surface area (Å²) in [5.41, 5.74) is 3.52. The summed E-state index contributed by atoms with van der Waals surface area (Å²) in [4.78, 5) is 44.0. The Balaban J connectivity index is 1.63. The highest BCUT2D eigenvalue weighted by Gasteiger charge is 2.23. The number of hydrogen-bond acceptors (Lipinski definition) is 6. The molecule has 0 aliphatic carbocycles. The highest BCUT2D eigenvalue weighted by molar-refractivity contribution is 7.17. The summed E-state index contributed by atoms with van der Waals surface area (Å²) in [6.45, 7) is 6.57. The summed E-state index contributed by atoms with van der Waals surface area (Å²) in [6.07, 6.45) is 0. The number of benzene rings is 1. The molecule has 1 aromatic carbocycles. The summed E-state index contributed by atoms with van der Waals surface area (Å²) < 4.78 is 1.29. The van der Waals surface area contributed by atoms with E-state index in [4.69, 9.17) is 0 Å². The second-order valence-corrected chi connectivity index (χ2v) is 8.33. The Kier molecular flexibility index (Phi) is 5.32. The maximum Gasteiger partial charge on any atom is 0.321 e. The van der Waals surface area contributed by atoms with Crippen LogP contribution in [0, 0.1) is 20.8 Å². The first kappa shape index (κ1) is 20.7. The number of nitrogens with zero attached hydrogens (tertiary/aromatic N) is 4. The molecule has 4 rings (SSSR count). The monoisotopic (exact) mass is 438 g/mol. The van der Waals surface area contributed by atoms with Crippen molar-refractivity contribution >= 4 is 34.6 Å². The summed E-state index contributed by atoms with van der Waals surface area (Å²) in [5, 5.41) is 10.3. The van der Waals surface area contributed by atoms with Gasteiger partial charge in [0, 0.05) is 31.5 Å². The Morgan fingerprint density at radius 1 is 1.19 bits per heavy atom. The smallest absolute Gasteiger partial charge is 0.321 e. The van der Waals surface area contributed by atoms with Gasteiger partial charge in [-0.3, -0.25) is 14.5 Å². The first-order chi connectivity index (χ1) is 14.8. The van der Waals surface area contributed by atoms with Crippen LogP contribution in [0.2, 0.25) is 0 Å². The number of anilines is 2. The first-order valence-corrected chi connectivity index (χ1v) is 10.6. The number of urea groups is 1. The molecule has 3 heterocycles. The van der Waals surface area contributed by atoms with Crippen LogP contribution in [0.15, 0.2) is 29.1 Å². The van der Waals surface area contributed by atoms with E-state index in [9.17, 15) is 14.4 Å². The van der Waals surface area contributed by atoms with Crippen molar-refractivity contribution in [1.82, 2.24) is 20.1 Å². The fraction of sp³-hybridized carbons (Fsp3) is 0.286. The van der Waals surface area contributed by atoms with Crippen LogP contribution >= 0.6 is 11.3 Å². The van der Waals surface area contributed by atoms with E-state index in [0.29, 0.717) is 45.6 Å². The third-order valence-corrected chi connectivity index (χ3v) is 6.39. The predicted molar refractivity (Wildman–Crippen MR) is 120 cm³/mol. The van der Waals surface area contributed by atoms with Gasteiger partial charge in [0.15, 0.2) is 0 Å². The Labute approximate surface area is 182 Å². The van der Waals surface area contributed by atoms with Crippen molar-refractivity contribution in [3.05, 3.63) is 56.4 Å². The van der Waals surface area contributed by atoms with Crippen LogP contribution in [-0.4, -0.2) is 39.8 Å². The lowest BCUT2D eigenvalue weighted by Crippen LogP contribution is -2.27. The number of hydrogen-bond donors (Lipinski definition) is 2. The first-order valence-electron chi connectivity index (χ1n) is 9.75. The van der Waals surface area contributed by atoms with Gasteiger partial charge in [0.2, 0.25) is 0 Å². The van der Waals surface area contributed by atoms with E-state index in [2.05, 4.69) is 20.7 Å². The van der Waals surface area contributed by atoms with Crippen LogP contribution in [0.1, 0.15) is 26.6 Å². The number of carbonyl (C=O) groups excluding carboxylic acids is 2. The van der Waals surface area contributed by atoms with E-state index in [0.717, 1.165) is 11.3 Å². The summed E-state index contributed by atoms with van der Waals surface area (Å²) >= 11 is 1.18. The number of aryl methyl sites for hydroxylation is 3. The molecule has 10 heteroatoms. The summed E-state index contributed by atoms with van der Waals surface area (Å²) in [5.74, 6) is -0.315. The maximum absolute atomic E-state index is 13.0. The lowest BCUT2D eigenvalue weighted by Gasteiger charge is -2.15. The third kappa shape index (κ3) is 3.81. The zero-order valence-corrected chi connectivity index (χ0v) is 18.5. The van der Waals surface area contributed by atoms with Gasteiger partial charge >= 0.3 is 6.03 Å². The zero-order chi connectivity index (χ0) is 22.3. The number of nitrogens with one attached hydrogen (secondary N) is 2. The molecular weight excluding hydrogens is 416 g/mol. The Morgan fingerprint density at radius 2 is 1.97 bits per heavy atom. The number of aromatic nitrogens is 3. The zero-order valence-electron chi connectivity index (χ0n) is 17.6. The van der Waals surface area contributed by atoms with Crippen LogP contribution in [-0.2, 0) is 7.05 Å². The number of amides is 3. The van der Waals surface area contributed by atoms with Crippen molar-refractivity contribution < 1.29 is 9.59 Å². The molecule has 1 aliphatic heterocycles. The van der Waals surface area contributed by atoms with Crippen molar-refractivity contribution in [3.8, 4) is 10.6 Å². The molecule has 160 valence electrons. The minimum absolute atomic E-state index is 0.156. The van der Waals surface area contributed by atoms with Gasteiger partial charge in [-0.05, 0) is 44.5 Å². The molecule has 2 aromatic heterocycles. The molecule has 31 heavy (non-hydrogen) atoms. The molecule has 9 nitrogen and oxygen atoms in total. The minimum atomic E-state index is -0.315. The standard InChI is InChI=1S/C21H22N6O3S/c1-11-12(2)25-26(4)20(29)16(11)19-23-13(3)17(31-19)18(28)24-14-6-5-7-15(10-14)27-9-8-22-21(27)30/h5-7,10H,8-9H2,1-4H3,(H,22,30)(H,24,28). The second kappa shape index (κ2) is 7.95. The molecule has 1 aliphatic rings. The minimum Gasteiger partial charge on any atom is -0.336 e. The molecule has 0 unspecified atom stereocenters. The van der Waals surface area contributed by atoms with E-state index < -0.39 is 0 Å². The lowest BCUT2D eigenvalue weighted by molar-refractivity contribution is 0.103. The van der Waals surface area contributed by atoms with Crippen LogP contribution < -0.4 is 21.1 Å². The summed E-state index contributed by atoms with van der Waals surface area (Å²) in [7, 11) is 1.60. The van der Waals surface area contributed by atoms with Gasteiger partial charge in [-0.1, -0.05) is 6.07 Å². The molecule has 1 saturated heterocycles. The van der Waals surface area contributed by atoms with E-state index in [1.165, 1.54) is 16.0 Å². The van der Waals surface area contributed by atoms with Gasteiger partial charge in [0.1, 0.15) is 9.88 Å².